The largest absolute Gasteiger partial charge is 0.410 e. The molecule has 0 saturated heterocycles. The SMILES string of the molecule is CCCCCCCCC(C(=[N+]=[N-])S(=O)(=O)C=[N+]=[N-])S(=O)(=O)C1CCCCC1. The lowest BCUT2D eigenvalue weighted by Crippen LogP contribution is -2.42. The van der Waals surface area contributed by atoms with Crippen molar-refractivity contribution in [3.8, 4) is 0 Å². The second-order valence-electron chi connectivity index (χ2n) is 7.10. The average Bonchev–Trinajstić information content (AvgIpc) is 2.64. The second-order valence-corrected chi connectivity index (χ2v) is 11.2. The monoisotopic (exact) mass is 418 g/mol. The van der Waals surface area contributed by atoms with Gasteiger partial charge in [-0.3, -0.25) is 0 Å². The van der Waals surface area contributed by atoms with Crippen LogP contribution < -0.4 is 0 Å². The molecule has 0 radical (unpaired) electrons. The van der Waals surface area contributed by atoms with E-state index < -0.39 is 35.2 Å². The van der Waals surface area contributed by atoms with E-state index in [0.29, 0.717) is 19.3 Å². The summed E-state index contributed by atoms with van der Waals surface area (Å²) in [5.74, 6) is 0. The highest BCUT2D eigenvalue weighted by Gasteiger charge is 2.48. The topological polar surface area (TPSA) is 141 Å². The minimum Gasteiger partial charge on any atom is -0.361 e. The van der Waals surface area contributed by atoms with Gasteiger partial charge in [-0.05, 0) is 19.3 Å². The first kappa shape index (κ1) is 23.7. The van der Waals surface area contributed by atoms with Gasteiger partial charge in [0, 0.05) is 0 Å². The third kappa shape index (κ3) is 6.96. The van der Waals surface area contributed by atoms with Crippen LogP contribution in [-0.2, 0) is 19.7 Å². The quantitative estimate of drug-likeness (QED) is 0.167. The molecule has 1 atom stereocenters. The van der Waals surface area contributed by atoms with Crippen LogP contribution in [0.4, 0.5) is 0 Å². The van der Waals surface area contributed by atoms with Gasteiger partial charge in [-0.25, -0.2) is 16.8 Å². The molecular formula is C17H30N4O4S2. The zero-order valence-electron chi connectivity index (χ0n) is 16.0. The number of sulfone groups is 2. The first-order valence-corrected chi connectivity index (χ1v) is 12.8. The molecule has 0 spiro atoms. The molecule has 0 amide bonds. The summed E-state index contributed by atoms with van der Waals surface area (Å²) in [6, 6.07) is 0. The fourth-order valence-electron chi connectivity index (χ4n) is 3.58. The molecule has 8 nitrogen and oxygen atoms in total. The molecule has 0 bridgehead atoms. The van der Waals surface area contributed by atoms with Crippen molar-refractivity contribution in [3.05, 3.63) is 11.1 Å². The summed E-state index contributed by atoms with van der Waals surface area (Å²) in [6.07, 6.45) is 9.07. The van der Waals surface area contributed by atoms with Crippen molar-refractivity contribution in [2.75, 3.05) is 0 Å². The Morgan fingerprint density at radius 2 is 1.59 bits per heavy atom. The minimum atomic E-state index is -4.42. The minimum absolute atomic E-state index is 0.0723. The molecule has 1 fully saturated rings. The molecule has 1 aliphatic rings. The van der Waals surface area contributed by atoms with E-state index in [-0.39, 0.29) is 12.0 Å². The molecule has 1 aliphatic carbocycles. The van der Waals surface area contributed by atoms with E-state index in [1.807, 2.05) is 0 Å². The van der Waals surface area contributed by atoms with E-state index in [0.717, 1.165) is 51.4 Å². The standard InChI is InChI=1S/C17H30N4O4S2/c1-2-3-4-5-6-10-13-16(17(21-19)26(22,23)14-20-18)27(24,25)15-11-8-7-9-12-15/h14-16H,2-13H2,1H3. The maximum absolute atomic E-state index is 13.1. The molecule has 0 aromatic heterocycles. The van der Waals surface area contributed by atoms with Crippen LogP contribution in [0.15, 0.2) is 0 Å². The van der Waals surface area contributed by atoms with Gasteiger partial charge in [-0.1, -0.05) is 64.7 Å². The lowest BCUT2D eigenvalue weighted by Gasteiger charge is -2.24. The maximum atomic E-state index is 13.1. The first-order valence-electron chi connectivity index (χ1n) is 9.68. The van der Waals surface area contributed by atoms with Gasteiger partial charge >= 0.3 is 20.4 Å². The smallest absolute Gasteiger partial charge is 0.361 e. The van der Waals surface area contributed by atoms with Crippen LogP contribution in [0.5, 0.6) is 0 Å². The van der Waals surface area contributed by atoms with E-state index in [1.165, 1.54) is 0 Å². The number of unbranched alkanes of at least 4 members (excludes halogenated alkanes) is 5. The molecule has 154 valence electrons. The molecule has 10 heteroatoms. The van der Waals surface area contributed by atoms with Crippen molar-refractivity contribution in [2.45, 2.75) is 94.5 Å². The van der Waals surface area contributed by atoms with E-state index in [9.17, 15) is 22.4 Å². The Balaban J connectivity index is 3.08. The van der Waals surface area contributed by atoms with Crippen molar-refractivity contribution >= 4 is 30.3 Å². The third-order valence-corrected chi connectivity index (χ3v) is 9.21. The predicted molar refractivity (Wildman–Crippen MR) is 105 cm³/mol. The fraction of sp³-hybridized carbons (Fsp3) is 0.882. The fourth-order valence-corrected chi connectivity index (χ4v) is 7.50. The summed E-state index contributed by atoms with van der Waals surface area (Å²) in [4.78, 5) is 5.30. The van der Waals surface area contributed by atoms with Crippen LogP contribution >= 0.6 is 0 Å². The Bertz CT molecular complexity index is 774. The lowest BCUT2D eigenvalue weighted by molar-refractivity contribution is -0.00392. The van der Waals surface area contributed by atoms with Gasteiger partial charge in [0.25, 0.3) is 0 Å². The summed E-state index contributed by atoms with van der Waals surface area (Å²) < 4.78 is 50.8. The molecular weight excluding hydrogens is 388 g/mol. The van der Waals surface area contributed by atoms with Crippen LogP contribution in [0.25, 0.3) is 11.1 Å². The molecule has 27 heavy (non-hydrogen) atoms. The summed E-state index contributed by atoms with van der Waals surface area (Å²) in [5.41, 5.74) is 18.1. The molecule has 1 rings (SSSR count). The van der Waals surface area contributed by atoms with Crippen LogP contribution in [0.1, 0.15) is 84.0 Å². The van der Waals surface area contributed by atoms with Gasteiger partial charge in [0.1, 0.15) is 0 Å². The lowest BCUT2D eigenvalue weighted by atomic mass is 10.0. The van der Waals surface area contributed by atoms with Crippen molar-refractivity contribution in [3.63, 3.8) is 0 Å². The highest BCUT2D eigenvalue weighted by Crippen LogP contribution is 2.29. The van der Waals surface area contributed by atoms with Crippen LogP contribution in [-0.4, -0.2) is 47.5 Å². The molecule has 0 aromatic rings. The van der Waals surface area contributed by atoms with Gasteiger partial charge in [0.15, 0.2) is 15.1 Å². The van der Waals surface area contributed by atoms with Gasteiger partial charge < -0.3 is 11.1 Å². The van der Waals surface area contributed by atoms with E-state index in [1.54, 1.807) is 0 Å². The number of nitrogens with zero attached hydrogens (tertiary/aromatic N) is 4. The molecule has 1 unspecified atom stereocenters. The molecule has 0 aromatic carbocycles. The molecule has 1 saturated carbocycles. The van der Waals surface area contributed by atoms with Crippen LogP contribution in [0.3, 0.4) is 0 Å². The first-order chi connectivity index (χ1) is 12.8. The van der Waals surface area contributed by atoms with Gasteiger partial charge in [0.2, 0.25) is 0 Å². The van der Waals surface area contributed by atoms with Crippen molar-refractivity contribution in [1.29, 1.82) is 0 Å². The average molecular weight is 419 g/mol. The van der Waals surface area contributed by atoms with Crippen LogP contribution in [0.2, 0.25) is 0 Å². The zero-order valence-corrected chi connectivity index (χ0v) is 17.6. The Labute approximate surface area is 162 Å². The number of hydrogen-bond donors (Lipinski definition) is 0. The molecule has 0 heterocycles. The highest BCUT2D eigenvalue weighted by molar-refractivity contribution is 8.18. The van der Waals surface area contributed by atoms with Gasteiger partial charge in [-0.15, -0.1) is 0 Å². The summed E-state index contributed by atoms with van der Waals surface area (Å²) in [5, 5.41) is -2.89. The van der Waals surface area contributed by atoms with Gasteiger partial charge in [0.05, 0.1) is 5.25 Å². The summed E-state index contributed by atoms with van der Waals surface area (Å²) in [6.45, 7) is 2.10. The predicted octanol–water partition coefficient (Wildman–Crippen LogP) is 3.15. The van der Waals surface area contributed by atoms with Crippen LogP contribution in [0, 0.1) is 0 Å². The van der Waals surface area contributed by atoms with Crippen molar-refractivity contribution < 1.29 is 26.4 Å². The van der Waals surface area contributed by atoms with Crippen molar-refractivity contribution in [2.24, 2.45) is 0 Å². The van der Waals surface area contributed by atoms with Gasteiger partial charge in [-0.2, -0.15) is 9.58 Å². The molecule has 0 N–H and O–H groups in total. The Morgan fingerprint density at radius 1 is 1.00 bits per heavy atom. The van der Waals surface area contributed by atoms with E-state index in [2.05, 4.69) is 16.5 Å². The van der Waals surface area contributed by atoms with E-state index >= 15 is 0 Å². The Hall–Kier alpha value is -1.34. The van der Waals surface area contributed by atoms with E-state index in [4.69, 9.17) is 5.53 Å². The summed E-state index contributed by atoms with van der Waals surface area (Å²) >= 11 is 0. The second kappa shape index (κ2) is 11.5. The van der Waals surface area contributed by atoms with Crippen molar-refractivity contribution in [1.82, 2.24) is 0 Å². The highest BCUT2D eigenvalue weighted by atomic mass is 32.2. The molecule has 0 aliphatic heterocycles. The maximum Gasteiger partial charge on any atom is 0.410 e. The Kier molecular flexibility index (Phi) is 10.1. The number of rotatable bonds is 11. The normalized spacial score (nSPS) is 16.9. The third-order valence-electron chi connectivity index (χ3n) is 5.08. The number of hydrogen-bond acceptors (Lipinski definition) is 4. The Morgan fingerprint density at radius 3 is 2.15 bits per heavy atom. The zero-order chi connectivity index (χ0) is 20.3. The summed E-state index contributed by atoms with van der Waals surface area (Å²) in [7, 11) is -8.26.